The number of carbonyl (C=O) groups is 1. The first-order valence-electron chi connectivity index (χ1n) is 6.16. The summed E-state index contributed by atoms with van der Waals surface area (Å²) in [4.78, 5) is 16.6. The summed E-state index contributed by atoms with van der Waals surface area (Å²) in [5.74, 6) is 0.673. The third kappa shape index (κ3) is 2.47. The van der Waals surface area contributed by atoms with E-state index in [1.807, 2.05) is 32.0 Å². The summed E-state index contributed by atoms with van der Waals surface area (Å²) in [5, 5.41) is 6.22. The van der Waals surface area contributed by atoms with Crippen LogP contribution >= 0.6 is 0 Å². The van der Waals surface area contributed by atoms with Crippen LogP contribution in [0.5, 0.6) is 0 Å². The molecule has 1 aromatic heterocycles. The van der Waals surface area contributed by atoms with Gasteiger partial charge in [-0.25, -0.2) is 4.98 Å². The highest BCUT2D eigenvalue weighted by Gasteiger charge is 2.39. The van der Waals surface area contributed by atoms with E-state index in [1.165, 1.54) is 0 Å². The van der Waals surface area contributed by atoms with Crippen molar-refractivity contribution in [3.05, 3.63) is 23.9 Å². The molecule has 1 amide bonds. The molecule has 92 valence electrons. The van der Waals surface area contributed by atoms with Gasteiger partial charge in [0.1, 0.15) is 5.82 Å². The zero-order valence-corrected chi connectivity index (χ0v) is 10.4. The number of rotatable bonds is 3. The van der Waals surface area contributed by atoms with Crippen molar-refractivity contribution in [2.45, 2.75) is 38.6 Å². The first-order chi connectivity index (χ1) is 8.16. The van der Waals surface area contributed by atoms with Gasteiger partial charge in [0.15, 0.2) is 0 Å². The monoisotopic (exact) mass is 233 g/mol. The number of nitrogens with zero attached hydrogens (tertiary/aromatic N) is 1. The molecule has 2 N–H and O–H groups in total. The highest BCUT2D eigenvalue weighted by molar-refractivity contribution is 5.97. The van der Waals surface area contributed by atoms with Crippen LogP contribution in [0.1, 0.15) is 31.9 Å². The molecule has 1 aliphatic rings. The minimum atomic E-state index is -0.397. The molecule has 0 spiro atoms. The van der Waals surface area contributed by atoms with Crippen LogP contribution in [-0.4, -0.2) is 23.0 Å². The first kappa shape index (κ1) is 12.0. The number of hydrogen-bond donors (Lipinski definition) is 2. The summed E-state index contributed by atoms with van der Waals surface area (Å²) in [7, 11) is 0. The topological polar surface area (TPSA) is 54.0 Å². The lowest BCUT2D eigenvalue weighted by Crippen LogP contribution is -2.50. The second kappa shape index (κ2) is 4.84. The molecule has 17 heavy (non-hydrogen) atoms. The van der Waals surface area contributed by atoms with Crippen molar-refractivity contribution in [1.82, 2.24) is 10.3 Å². The Morgan fingerprint density at radius 3 is 3.00 bits per heavy atom. The summed E-state index contributed by atoms with van der Waals surface area (Å²) in [6.07, 6.45) is 2.77. The van der Waals surface area contributed by atoms with E-state index in [9.17, 15) is 4.79 Å². The van der Waals surface area contributed by atoms with E-state index in [4.69, 9.17) is 0 Å². The van der Waals surface area contributed by atoms with E-state index >= 15 is 0 Å². The molecular weight excluding hydrogens is 214 g/mol. The Balaban J connectivity index is 2.10. The van der Waals surface area contributed by atoms with Crippen molar-refractivity contribution in [3.63, 3.8) is 0 Å². The number of anilines is 1. The molecule has 4 nitrogen and oxygen atoms in total. The standard InChI is InChI=1S/C13H19N3O/c1-3-13(8-5-9-14-13)12(17)16-11-7-4-6-10(2)15-11/h4,6-7,14H,3,5,8-9H2,1-2H3,(H,15,16,17). The van der Waals surface area contributed by atoms with Crippen molar-refractivity contribution in [2.24, 2.45) is 0 Å². The largest absolute Gasteiger partial charge is 0.309 e. The smallest absolute Gasteiger partial charge is 0.245 e. The quantitative estimate of drug-likeness (QED) is 0.838. The zero-order chi connectivity index (χ0) is 12.3. The highest BCUT2D eigenvalue weighted by Crippen LogP contribution is 2.24. The molecule has 1 atom stereocenters. The Kier molecular flexibility index (Phi) is 3.43. The maximum absolute atomic E-state index is 12.3. The van der Waals surface area contributed by atoms with Gasteiger partial charge in [0.2, 0.25) is 5.91 Å². The fourth-order valence-corrected chi connectivity index (χ4v) is 2.31. The average Bonchev–Trinajstić information content (AvgIpc) is 2.78. The maximum atomic E-state index is 12.3. The van der Waals surface area contributed by atoms with E-state index in [1.54, 1.807) is 0 Å². The third-order valence-corrected chi connectivity index (χ3v) is 3.41. The van der Waals surface area contributed by atoms with Crippen molar-refractivity contribution in [3.8, 4) is 0 Å². The predicted molar refractivity (Wildman–Crippen MR) is 67.9 cm³/mol. The molecule has 1 fully saturated rings. The minimum Gasteiger partial charge on any atom is -0.309 e. The van der Waals surface area contributed by atoms with Gasteiger partial charge in [0.25, 0.3) is 0 Å². The fourth-order valence-electron chi connectivity index (χ4n) is 2.31. The minimum absolute atomic E-state index is 0.0376. The third-order valence-electron chi connectivity index (χ3n) is 3.41. The molecule has 1 saturated heterocycles. The average molecular weight is 233 g/mol. The molecule has 2 heterocycles. The van der Waals surface area contributed by atoms with Gasteiger partial charge in [-0.15, -0.1) is 0 Å². The van der Waals surface area contributed by atoms with Gasteiger partial charge >= 0.3 is 0 Å². The number of amides is 1. The molecule has 0 bridgehead atoms. The lowest BCUT2D eigenvalue weighted by Gasteiger charge is -2.26. The Hall–Kier alpha value is -1.42. The van der Waals surface area contributed by atoms with Crippen molar-refractivity contribution < 1.29 is 4.79 Å². The molecule has 0 radical (unpaired) electrons. The predicted octanol–water partition coefficient (Wildman–Crippen LogP) is 1.86. The second-order valence-corrected chi connectivity index (χ2v) is 4.58. The summed E-state index contributed by atoms with van der Waals surface area (Å²) in [5.41, 5.74) is 0.513. The van der Waals surface area contributed by atoms with Crippen LogP contribution in [0, 0.1) is 6.92 Å². The summed E-state index contributed by atoms with van der Waals surface area (Å²) >= 11 is 0. The Bertz CT molecular complexity index is 411. The molecule has 1 aliphatic heterocycles. The van der Waals surface area contributed by atoms with Crippen LogP contribution in [0.4, 0.5) is 5.82 Å². The lowest BCUT2D eigenvalue weighted by molar-refractivity contribution is -0.122. The maximum Gasteiger partial charge on any atom is 0.245 e. The molecule has 0 aromatic carbocycles. The first-order valence-corrected chi connectivity index (χ1v) is 6.16. The summed E-state index contributed by atoms with van der Waals surface area (Å²) < 4.78 is 0. The summed E-state index contributed by atoms with van der Waals surface area (Å²) in [6.45, 7) is 4.88. The van der Waals surface area contributed by atoms with Crippen molar-refractivity contribution in [1.29, 1.82) is 0 Å². The van der Waals surface area contributed by atoms with Crippen molar-refractivity contribution in [2.75, 3.05) is 11.9 Å². The lowest BCUT2D eigenvalue weighted by atomic mass is 9.93. The normalized spacial score (nSPS) is 23.6. The Morgan fingerprint density at radius 2 is 2.41 bits per heavy atom. The van der Waals surface area contributed by atoms with Crippen molar-refractivity contribution >= 4 is 11.7 Å². The van der Waals surface area contributed by atoms with Gasteiger partial charge in [0, 0.05) is 5.69 Å². The van der Waals surface area contributed by atoms with Gasteiger partial charge in [-0.2, -0.15) is 0 Å². The number of nitrogens with one attached hydrogen (secondary N) is 2. The molecule has 4 heteroatoms. The van der Waals surface area contributed by atoms with Crippen LogP contribution in [0.15, 0.2) is 18.2 Å². The number of hydrogen-bond acceptors (Lipinski definition) is 3. The van der Waals surface area contributed by atoms with Gasteiger partial charge < -0.3 is 10.6 Å². The second-order valence-electron chi connectivity index (χ2n) is 4.58. The van der Waals surface area contributed by atoms with E-state index in [-0.39, 0.29) is 5.91 Å². The van der Waals surface area contributed by atoms with Crippen LogP contribution in [0.25, 0.3) is 0 Å². The summed E-state index contributed by atoms with van der Waals surface area (Å²) in [6, 6.07) is 5.64. The van der Waals surface area contributed by atoms with Crippen LogP contribution < -0.4 is 10.6 Å². The highest BCUT2D eigenvalue weighted by atomic mass is 16.2. The molecule has 1 unspecified atom stereocenters. The van der Waals surface area contributed by atoms with Gasteiger partial charge in [-0.05, 0) is 44.9 Å². The van der Waals surface area contributed by atoms with E-state index in [0.717, 1.165) is 31.5 Å². The van der Waals surface area contributed by atoms with E-state index < -0.39 is 5.54 Å². The van der Waals surface area contributed by atoms with Crippen LogP contribution in [0.3, 0.4) is 0 Å². The van der Waals surface area contributed by atoms with Gasteiger partial charge in [-0.3, -0.25) is 4.79 Å². The van der Waals surface area contributed by atoms with Crippen LogP contribution in [0.2, 0.25) is 0 Å². The number of aryl methyl sites for hydroxylation is 1. The Labute approximate surface area is 102 Å². The van der Waals surface area contributed by atoms with Gasteiger partial charge in [0.05, 0.1) is 5.54 Å². The zero-order valence-electron chi connectivity index (χ0n) is 10.4. The number of aromatic nitrogens is 1. The Morgan fingerprint density at radius 1 is 1.59 bits per heavy atom. The molecular formula is C13H19N3O. The molecule has 0 saturated carbocycles. The van der Waals surface area contributed by atoms with E-state index in [2.05, 4.69) is 15.6 Å². The number of pyridine rings is 1. The van der Waals surface area contributed by atoms with E-state index in [0.29, 0.717) is 5.82 Å². The SMILES string of the molecule is CCC1(C(=O)Nc2cccc(C)n2)CCCN1. The van der Waals surface area contributed by atoms with Crippen LogP contribution in [-0.2, 0) is 4.79 Å². The molecule has 0 aliphatic carbocycles. The molecule has 2 rings (SSSR count). The fraction of sp³-hybridized carbons (Fsp3) is 0.538. The molecule has 1 aromatic rings. The van der Waals surface area contributed by atoms with Gasteiger partial charge in [-0.1, -0.05) is 13.0 Å². The number of carbonyl (C=O) groups excluding carboxylic acids is 1.